The minimum absolute atomic E-state index is 0.509. The zero-order chi connectivity index (χ0) is 14.2. The third-order valence-corrected chi connectivity index (χ3v) is 4.34. The van der Waals surface area contributed by atoms with Gasteiger partial charge < -0.3 is 10.5 Å². The van der Waals surface area contributed by atoms with Crippen LogP contribution in [0, 0.1) is 0 Å². The summed E-state index contributed by atoms with van der Waals surface area (Å²) in [4.78, 5) is 0.873. The molecule has 1 unspecified atom stereocenters. The molecule has 0 radical (unpaired) electrons. The Labute approximate surface area is 122 Å². The predicted octanol–water partition coefficient (Wildman–Crippen LogP) is 2.72. The SMILES string of the molecule is NCc1cccc(OCCCS(=O)c2ccccc2)c1. The maximum Gasteiger partial charge on any atom is 0.119 e. The summed E-state index contributed by atoms with van der Waals surface area (Å²) >= 11 is 0. The number of hydrogen-bond donors (Lipinski definition) is 1. The molecule has 0 aliphatic carbocycles. The van der Waals surface area contributed by atoms with Crippen molar-refractivity contribution in [2.24, 2.45) is 5.73 Å². The summed E-state index contributed by atoms with van der Waals surface area (Å²) in [5.41, 5.74) is 6.63. The molecule has 0 saturated heterocycles. The topological polar surface area (TPSA) is 52.3 Å². The van der Waals surface area contributed by atoms with Gasteiger partial charge >= 0.3 is 0 Å². The molecule has 0 aliphatic heterocycles. The van der Waals surface area contributed by atoms with Crippen LogP contribution in [-0.4, -0.2) is 16.6 Å². The van der Waals surface area contributed by atoms with Crippen LogP contribution in [0.5, 0.6) is 5.75 Å². The summed E-state index contributed by atoms with van der Waals surface area (Å²) in [6.45, 7) is 1.07. The van der Waals surface area contributed by atoms with E-state index in [1.807, 2.05) is 54.6 Å². The molecule has 0 aliphatic rings. The molecule has 2 rings (SSSR count). The highest BCUT2D eigenvalue weighted by molar-refractivity contribution is 7.85. The van der Waals surface area contributed by atoms with Crippen molar-refractivity contribution in [1.29, 1.82) is 0 Å². The maximum atomic E-state index is 12.0. The first-order valence-corrected chi connectivity index (χ1v) is 7.97. The van der Waals surface area contributed by atoms with Gasteiger partial charge in [0.1, 0.15) is 5.75 Å². The first-order valence-electron chi connectivity index (χ1n) is 6.65. The predicted molar refractivity (Wildman–Crippen MR) is 82.2 cm³/mol. The number of ether oxygens (including phenoxy) is 1. The van der Waals surface area contributed by atoms with Gasteiger partial charge in [0.2, 0.25) is 0 Å². The molecule has 0 heterocycles. The summed E-state index contributed by atoms with van der Waals surface area (Å²) in [6, 6.07) is 17.3. The largest absolute Gasteiger partial charge is 0.494 e. The van der Waals surface area contributed by atoms with Crippen molar-refractivity contribution >= 4 is 10.8 Å². The van der Waals surface area contributed by atoms with Crippen LogP contribution in [0.2, 0.25) is 0 Å². The highest BCUT2D eigenvalue weighted by Gasteiger charge is 2.03. The second kappa shape index (κ2) is 7.82. The van der Waals surface area contributed by atoms with Gasteiger partial charge in [0, 0.05) is 17.2 Å². The van der Waals surface area contributed by atoms with Crippen molar-refractivity contribution in [3.8, 4) is 5.75 Å². The molecule has 4 heteroatoms. The third-order valence-electron chi connectivity index (χ3n) is 2.88. The van der Waals surface area contributed by atoms with Crippen LogP contribution in [0.4, 0.5) is 0 Å². The Hall–Kier alpha value is -1.65. The zero-order valence-electron chi connectivity index (χ0n) is 11.3. The van der Waals surface area contributed by atoms with E-state index in [0.29, 0.717) is 18.9 Å². The fourth-order valence-corrected chi connectivity index (χ4v) is 2.91. The highest BCUT2D eigenvalue weighted by Crippen LogP contribution is 2.13. The summed E-state index contributed by atoms with van der Waals surface area (Å²) in [6.07, 6.45) is 0.758. The van der Waals surface area contributed by atoms with Gasteiger partial charge in [0.15, 0.2) is 0 Å². The van der Waals surface area contributed by atoms with E-state index in [2.05, 4.69) is 0 Å². The van der Waals surface area contributed by atoms with Gasteiger partial charge in [-0.05, 0) is 36.2 Å². The van der Waals surface area contributed by atoms with Crippen molar-refractivity contribution in [3.63, 3.8) is 0 Å². The van der Waals surface area contributed by atoms with E-state index in [0.717, 1.165) is 22.6 Å². The van der Waals surface area contributed by atoms with Crippen LogP contribution in [-0.2, 0) is 17.3 Å². The van der Waals surface area contributed by atoms with Gasteiger partial charge in [-0.2, -0.15) is 0 Å². The van der Waals surface area contributed by atoms with Gasteiger partial charge in [-0.1, -0.05) is 30.3 Å². The van der Waals surface area contributed by atoms with E-state index >= 15 is 0 Å². The quantitative estimate of drug-likeness (QED) is 0.797. The molecule has 0 bridgehead atoms. The third kappa shape index (κ3) is 4.47. The number of hydrogen-bond acceptors (Lipinski definition) is 3. The smallest absolute Gasteiger partial charge is 0.119 e. The van der Waals surface area contributed by atoms with Crippen LogP contribution in [0.15, 0.2) is 59.5 Å². The lowest BCUT2D eigenvalue weighted by Gasteiger charge is -2.07. The normalized spacial score (nSPS) is 12.1. The Bertz CT molecular complexity index is 557. The molecule has 106 valence electrons. The fourth-order valence-electron chi connectivity index (χ4n) is 1.83. The summed E-state index contributed by atoms with van der Waals surface area (Å²) in [7, 11) is -0.947. The highest BCUT2D eigenvalue weighted by atomic mass is 32.2. The molecular weight excluding hydrogens is 270 g/mol. The first kappa shape index (κ1) is 14.8. The molecule has 2 N–H and O–H groups in total. The minimum atomic E-state index is -0.947. The Morgan fingerprint density at radius 3 is 2.60 bits per heavy atom. The van der Waals surface area contributed by atoms with E-state index in [1.54, 1.807) is 0 Å². The Kier molecular flexibility index (Phi) is 5.77. The lowest BCUT2D eigenvalue weighted by Crippen LogP contribution is -2.05. The fraction of sp³-hybridized carbons (Fsp3) is 0.250. The van der Waals surface area contributed by atoms with Gasteiger partial charge in [-0.3, -0.25) is 4.21 Å². The lowest BCUT2D eigenvalue weighted by atomic mass is 10.2. The van der Waals surface area contributed by atoms with Crippen LogP contribution in [0.3, 0.4) is 0 Å². The molecule has 0 spiro atoms. The van der Waals surface area contributed by atoms with Crippen LogP contribution in [0.25, 0.3) is 0 Å². The summed E-state index contributed by atoms with van der Waals surface area (Å²) in [5.74, 6) is 1.43. The molecule has 0 amide bonds. The molecule has 0 aromatic heterocycles. The monoisotopic (exact) mass is 289 g/mol. The van der Waals surface area contributed by atoms with Crippen molar-refractivity contribution < 1.29 is 8.95 Å². The van der Waals surface area contributed by atoms with E-state index < -0.39 is 10.8 Å². The van der Waals surface area contributed by atoms with E-state index in [4.69, 9.17) is 10.5 Å². The number of benzene rings is 2. The number of rotatable bonds is 7. The van der Waals surface area contributed by atoms with Crippen LogP contribution in [0.1, 0.15) is 12.0 Å². The van der Waals surface area contributed by atoms with Crippen LogP contribution >= 0.6 is 0 Å². The average Bonchev–Trinajstić information content (AvgIpc) is 2.52. The molecule has 0 saturated carbocycles. The Balaban J connectivity index is 1.75. The zero-order valence-corrected chi connectivity index (χ0v) is 12.1. The molecule has 2 aromatic carbocycles. The van der Waals surface area contributed by atoms with Crippen molar-refractivity contribution in [3.05, 3.63) is 60.2 Å². The Morgan fingerprint density at radius 2 is 1.85 bits per heavy atom. The van der Waals surface area contributed by atoms with Crippen molar-refractivity contribution in [1.82, 2.24) is 0 Å². The van der Waals surface area contributed by atoms with Crippen LogP contribution < -0.4 is 10.5 Å². The van der Waals surface area contributed by atoms with Crippen molar-refractivity contribution in [2.45, 2.75) is 17.9 Å². The lowest BCUT2D eigenvalue weighted by molar-refractivity contribution is 0.318. The second-order valence-electron chi connectivity index (χ2n) is 4.42. The Morgan fingerprint density at radius 1 is 1.05 bits per heavy atom. The van der Waals surface area contributed by atoms with Gasteiger partial charge in [-0.15, -0.1) is 0 Å². The van der Waals surface area contributed by atoms with Gasteiger partial charge in [0.05, 0.1) is 17.4 Å². The van der Waals surface area contributed by atoms with Gasteiger partial charge in [0.25, 0.3) is 0 Å². The first-order chi connectivity index (χ1) is 9.79. The molecular formula is C16H19NO2S. The molecule has 3 nitrogen and oxygen atoms in total. The molecule has 2 aromatic rings. The summed E-state index contributed by atoms with van der Waals surface area (Å²) in [5, 5.41) is 0. The summed E-state index contributed by atoms with van der Waals surface area (Å²) < 4.78 is 17.6. The standard InChI is InChI=1S/C16H19NO2S/c17-13-14-6-4-7-15(12-14)19-10-5-11-20(18)16-8-2-1-3-9-16/h1-4,6-9,12H,5,10-11,13,17H2. The molecule has 1 atom stereocenters. The van der Waals surface area contributed by atoms with Gasteiger partial charge in [-0.25, -0.2) is 0 Å². The van der Waals surface area contributed by atoms with E-state index in [-0.39, 0.29) is 0 Å². The molecule has 0 fully saturated rings. The minimum Gasteiger partial charge on any atom is -0.494 e. The number of nitrogens with two attached hydrogens (primary N) is 1. The maximum absolute atomic E-state index is 12.0. The van der Waals surface area contributed by atoms with Crippen molar-refractivity contribution in [2.75, 3.05) is 12.4 Å². The van der Waals surface area contributed by atoms with E-state index in [9.17, 15) is 4.21 Å². The second-order valence-corrected chi connectivity index (χ2v) is 5.99. The average molecular weight is 289 g/mol. The van der Waals surface area contributed by atoms with E-state index in [1.165, 1.54) is 0 Å². The molecule has 20 heavy (non-hydrogen) atoms.